The van der Waals surface area contributed by atoms with E-state index in [1.807, 2.05) is 68.4 Å². The van der Waals surface area contributed by atoms with Crippen molar-refractivity contribution in [2.45, 2.75) is 33.5 Å². The predicted octanol–water partition coefficient (Wildman–Crippen LogP) is 4.34. The lowest BCUT2D eigenvalue weighted by molar-refractivity contribution is 0.189. The highest BCUT2D eigenvalue weighted by Crippen LogP contribution is 2.28. The largest absolute Gasteiger partial charge is 0.298 e. The molecule has 1 aliphatic rings. The third-order valence-electron chi connectivity index (χ3n) is 5.11. The molecule has 0 aliphatic carbocycles. The molecule has 0 radical (unpaired) electrons. The summed E-state index contributed by atoms with van der Waals surface area (Å²) < 4.78 is 1.79. The fourth-order valence-corrected chi connectivity index (χ4v) is 3.81. The zero-order chi connectivity index (χ0) is 19.7. The smallest absolute Gasteiger partial charge is 0.259 e. The number of hydrogen-bond donors (Lipinski definition) is 0. The Bertz CT molecular complexity index is 1030. The second kappa shape index (κ2) is 7.78. The number of anilines is 2. The minimum absolute atomic E-state index is 0.0479. The molecule has 3 aromatic rings. The predicted molar refractivity (Wildman–Crippen MR) is 113 cm³/mol. The molecular formula is C22H23ClN4O. The van der Waals surface area contributed by atoms with E-state index in [1.54, 1.807) is 4.57 Å². The molecule has 0 N–H and O–H groups in total. The topological polar surface area (TPSA) is 41.4 Å². The minimum atomic E-state index is 0.0479. The average molecular weight is 395 g/mol. The standard InChI is InChI=1S/C22H23ClN4O/c1-3-20-16(2)24-22-26(19-7-5-4-6-8-19)14-25(15-27(22)21(20)28)13-17-9-11-18(23)12-10-17/h4-12H,3,13-15H2,1-2H3. The molecule has 0 atom stereocenters. The summed E-state index contributed by atoms with van der Waals surface area (Å²) in [6.45, 7) is 5.82. The zero-order valence-electron chi connectivity index (χ0n) is 16.1. The Morgan fingerprint density at radius 1 is 1.04 bits per heavy atom. The van der Waals surface area contributed by atoms with Gasteiger partial charge in [0.05, 0.1) is 13.3 Å². The van der Waals surface area contributed by atoms with Crippen molar-refractivity contribution in [1.82, 2.24) is 14.5 Å². The van der Waals surface area contributed by atoms with E-state index in [0.29, 0.717) is 25.7 Å². The molecule has 0 saturated heterocycles. The summed E-state index contributed by atoms with van der Waals surface area (Å²) in [5, 5.41) is 0.724. The van der Waals surface area contributed by atoms with E-state index < -0.39 is 0 Å². The Kier molecular flexibility index (Phi) is 5.20. The monoisotopic (exact) mass is 394 g/mol. The summed E-state index contributed by atoms with van der Waals surface area (Å²) in [6.07, 6.45) is 0.681. The lowest BCUT2D eigenvalue weighted by atomic mass is 10.2. The van der Waals surface area contributed by atoms with E-state index in [-0.39, 0.29) is 5.56 Å². The van der Waals surface area contributed by atoms with Crippen molar-refractivity contribution in [1.29, 1.82) is 0 Å². The number of hydrogen-bond acceptors (Lipinski definition) is 4. The van der Waals surface area contributed by atoms with Gasteiger partial charge in [-0.25, -0.2) is 4.98 Å². The molecule has 0 saturated carbocycles. The molecule has 0 bridgehead atoms. The van der Waals surface area contributed by atoms with Gasteiger partial charge in [0.2, 0.25) is 5.95 Å². The van der Waals surface area contributed by atoms with Crippen molar-refractivity contribution < 1.29 is 0 Å². The lowest BCUT2D eigenvalue weighted by Gasteiger charge is -2.38. The van der Waals surface area contributed by atoms with Crippen molar-refractivity contribution >= 4 is 23.2 Å². The molecule has 2 aromatic carbocycles. The van der Waals surface area contributed by atoms with Crippen LogP contribution in [0.2, 0.25) is 5.02 Å². The molecular weight excluding hydrogens is 372 g/mol. The summed E-state index contributed by atoms with van der Waals surface area (Å²) in [7, 11) is 0. The molecule has 144 valence electrons. The van der Waals surface area contributed by atoms with Crippen LogP contribution in [-0.2, 0) is 19.6 Å². The Morgan fingerprint density at radius 2 is 1.75 bits per heavy atom. The molecule has 28 heavy (non-hydrogen) atoms. The van der Waals surface area contributed by atoms with E-state index in [2.05, 4.69) is 9.80 Å². The number of rotatable bonds is 4. The Balaban J connectivity index is 1.76. The maximum Gasteiger partial charge on any atom is 0.259 e. The third-order valence-corrected chi connectivity index (χ3v) is 5.37. The first-order valence-corrected chi connectivity index (χ1v) is 9.84. The Hall–Kier alpha value is -2.63. The van der Waals surface area contributed by atoms with Crippen LogP contribution in [0.25, 0.3) is 0 Å². The van der Waals surface area contributed by atoms with E-state index in [9.17, 15) is 4.79 Å². The SMILES string of the molecule is CCc1c(C)nc2n(c1=O)CN(Cc1ccc(Cl)cc1)CN2c1ccccc1. The number of aryl methyl sites for hydroxylation is 1. The second-order valence-corrected chi connectivity index (χ2v) is 7.50. The summed E-state index contributed by atoms with van der Waals surface area (Å²) in [4.78, 5) is 22.3. The molecule has 1 aromatic heterocycles. The van der Waals surface area contributed by atoms with Gasteiger partial charge in [-0.1, -0.05) is 48.9 Å². The first kappa shape index (κ1) is 18.7. The summed E-state index contributed by atoms with van der Waals surface area (Å²) in [5.74, 6) is 0.707. The molecule has 0 spiro atoms. The first-order valence-electron chi connectivity index (χ1n) is 9.46. The van der Waals surface area contributed by atoms with Crippen LogP contribution in [0.15, 0.2) is 59.4 Å². The maximum atomic E-state index is 13.1. The molecule has 5 nitrogen and oxygen atoms in total. The van der Waals surface area contributed by atoms with Crippen LogP contribution in [0.3, 0.4) is 0 Å². The van der Waals surface area contributed by atoms with Gasteiger partial charge in [0.25, 0.3) is 5.56 Å². The first-order chi connectivity index (χ1) is 13.6. The lowest BCUT2D eigenvalue weighted by Crippen LogP contribution is -2.47. The quantitative estimate of drug-likeness (QED) is 0.660. The minimum Gasteiger partial charge on any atom is -0.298 e. The van der Waals surface area contributed by atoms with Crippen LogP contribution < -0.4 is 10.5 Å². The van der Waals surface area contributed by atoms with Gasteiger partial charge in [0.15, 0.2) is 0 Å². The van der Waals surface area contributed by atoms with Gasteiger partial charge in [-0.3, -0.25) is 19.2 Å². The van der Waals surface area contributed by atoms with Crippen LogP contribution in [0.4, 0.5) is 11.6 Å². The van der Waals surface area contributed by atoms with Crippen LogP contribution in [0.5, 0.6) is 0 Å². The molecule has 4 rings (SSSR count). The van der Waals surface area contributed by atoms with Gasteiger partial charge in [-0.05, 0) is 43.2 Å². The number of halogens is 1. The normalized spacial score (nSPS) is 14.2. The van der Waals surface area contributed by atoms with E-state index in [0.717, 1.165) is 34.1 Å². The highest BCUT2D eigenvalue weighted by Gasteiger charge is 2.27. The Morgan fingerprint density at radius 3 is 2.43 bits per heavy atom. The van der Waals surface area contributed by atoms with Crippen LogP contribution in [-0.4, -0.2) is 21.1 Å². The maximum absolute atomic E-state index is 13.1. The molecule has 2 heterocycles. The van der Waals surface area contributed by atoms with Gasteiger partial charge in [0, 0.05) is 28.5 Å². The van der Waals surface area contributed by atoms with Crippen LogP contribution >= 0.6 is 11.6 Å². The highest BCUT2D eigenvalue weighted by molar-refractivity contribution is 6.30. The Labute approximate surface area is 169 Å². The highest BCUT2D eigenvalue weighted by atomic mass is 35.5. The van der Waals surface area contributed by atoms with Crippen molar-refractivity contribution in [3.05, 3.63) is 86.8 Å². The summed E-state index contributed by atoms with van der Waals surface area (Å²) in [5.41, 5.74) is 3.82. The number of benzene rings is 2. The third kappa shape index (κ3) is 3.55. The van der Waals surface area contributed by atoms with Crippen molar-refractivity contribution in [2.75, 3.05) is 11.6 Å². The van der Waals surface area contributed by atoms with E-state index >= 15 is 0 Å². The zero-order valence-corrected chi connectivity index (χ0v) is 16.9. The number of para-hydroxylation sites is 1. The van der Waals surface area contributed by atoms with Gasteiger partial charge < -0.3 is 0 Å². The van der Waals surface area contributed by atoms with E-state index in [1.165, 1.54) is 0 Å². The van der Waals surface area contributed by atoms with Gasteiger partial charge in [-0.2, -0.15) is 0 Å². The van der Waals surface area contributed by atoms with E-state index in [4.69, 9.17) is 16.6 Å². The van der Waals surface area contributed by atoms with Gasteiger partial charge in [-0.15, -0.1) is 0 Å². The number of fused-ring (bicyclic) bond motifs is 1. The molecule has 0 amide bonds. The molecule has 0 unspecified atom stereocenters. The number of nitrogens with zero attached hydrogens (tertiary/aromatic N) is 4. The molecule has 6 heteroatoms. The average Bonchev–Trinajstić information content (AvgIpc) is 2.71. The number of aromatic nitrogens is 2. The van der Waals surface area contributed by atoms with Crippen molar-refractivity contribution in [3.8, 4) is 0 Å². The van der Waals surface area contributed by atoms with Crippen LogP contribution in [0, 0.1) is 6.92 Å². The van der Waals surface area contributed by atoms with Crippen LogP contribution in [0.1, 0.15) is 23.7 Å². The summed E-state index contributed by atoms with van der Waals surface area (Å²) in [6, 6.07) is 17.9. The van der Waals surface area contributed by atoms with Crippen molar-refractivity contribution in [2.24, 2.45) is 0 Å². The van der Waals surface area contributed by atoms with Gasteiger partial charge >= 0.3 is 0 Å². The van der Waals surface area contributed by atoms with Crippen molar-refractivity contribution in [3.63, 3.8) is 0 Å². The molecule has 1 aliphatic heterocycles. The fraction of sp³-hybridized carbons (Fsp3) is 0.273. The molecule has 0 fully saturated rings. The summed E-state index contributed by atoms with van der Waals surface area (Å²) >= 11 is 6.02. The fourth-order valence-electron chi connectivity index (χ4n) is 3.69. The van der Waals surface area contributed by atoms with Gasteiger partial charge in [0.1, 0.15) is 0 Å². The second-order valence-electron chi connectivity index (χ2n) is 7.06.